The van der Waals surface area contributed by atoms with Gasteiger partial charge in [-0.15, -0.1) is 0 Å². The predicted molar refractivity (Wildman–Crippen MR) is 55.6 cm³/mol. The molecule has 0 fully saturated rings. The highest BCUT2D eigenvalue weighted by Gasteiger charge is 2.16. The van der Waals surface area contributed by atoms with Crippen LogP contribution in [0.2, 0.25) is 0 Å². The first-order valence-corrected chi connectivity index (χ1v) is 4.81. The van der Waals surface area contributed by atoms with Gasteiger partial charge in [-0.3, -0.25) is 0 Å². The van der Waals surface area contributed by atoms with E-state index in [1.807, 2.05) is 6.07 Å². The molecule has 4 heteroatoms. The largest absolute Gasteiger partial charge is 0.478 e. The summed E-state index contributed by atoms with van der Waals surface area (Å²) < 4.78 is 6.15. The number of halogens is 1. The Morgan fingerprint density at radius 1 is 1.50 bits per heavy atom. The van der Waals surface area contributed by atoms with Gasteiger partial charge in [-0.2, -0.15) is 0 Å². The van der Waals surface area contributed by atoms with Crippen LogP contribution in [0, 0.1) is 6.92 Å². The van der Waals surface area contributed by atoms with Crippen LogP contribution in [0.3, 0.4) is 0 Å². The predicted octanol–water partition coefficient (Wildman–Crippen LogP) is 3.20. The molecule has 2 rings (SSSR count). The van der Waals surface area contributed by atoms with Crippen molar-refractivity contribution in [2.24, 2.45) is 0 Å². The van der Waals surface area contributed by atoms with E-state index >= 15 is 0 Å². The molecule has 14 heavy (non-hydrogen) atoms. The fourth-order valence-electron chi connectivity index (χ4n) is 1.46. The van der Waals surface area contributed by atoms with Crippen molar-refractivity contribution in [3.63, 3.8) is 0 Å². The van der Waals surface area contributed by atoms with Crippen molar-refractivity contribution >= 4 is 32.9 Å². The smallest absolute Gasteiger partial charge is 0.339 e. The third kappa shape index (κ3) is 1.32. The van der Waals surface area contributed by atoms with Gasteiger partial charge in [0.25, 0.3) is 0 Å². The number of aryl methyl sites for hydroxylation is 1. The lowest BCUT2D eigenvalue weighted by molar-refractivity contribution is 0.0697. The highest BCUT2D eigenvalue weighted by Crippen LogP contribution is 2.28. The number of rotatable bonds is 1. The van der Waals surface area contributed by atoms with Crippen LogP contribution >= 0.6 is 15.9 Å². The number of furan rings is 1. The van der Waals surface area contributed by atoms with Crippen LogP contribution in [0.4, 0.5) is 0 Å². The molecule has 0 saturated heterocycles. The van der Waals surface area contributed by atoms with E-state index in [-0.39, 0.29) is 5.56 Å². The standard InChI is InChI=1S/C10H7BrO3/c1-5-9(10(12)13)7-4-6(11)2-3-8(7)14-5/h2-4H,1H3,(H,12,13). The Labute approximate surface area is 88.5 Å². The monoisotopic (exact) mass is 254 g/mol. The molecule has 1 N–H and O–H groups in total. The Morgan fingerprint density at radius 2 is 2.21 bits per heavy atom. The minimum absolute atomic E-state index is 0.237. The Balaban J connectivity index is 2.86. The second-order valence-electron chi connectivity index (χ2n) is 2.98. The fraction of sp³-hybridized carbons (Fsp3) is 0.100. The van der Waals surface area contributed by atoms with Gasteiger partial charge in [0, 0.05) is 9.86 Å². The summed E-state index contributed by atoms with van der Waals surface area (Å²) in [7, 11) is 0. The van der Waals surface area contributed by atoms with Gasteiger partial charge in [-0.05, 0) is 25.1 Å². The summed E-state index contributed by atoms with van der Waals surface area (Å²) in [4.78, 5) is 10.9. The summed E-state index contributed by atoms with van der Waals surface area (Å²) >= 11 is 3.29. The van der Waals surface area contributed by atoms with E-state index in [9.17, 15) is 4.79 Å². The van der Waals surface area contributed by atoms with E-state index in [0.717, 1.165) is 4.47 Å². The van der Waals surface area contributed by atoms with Crippen LogP contribution in [0.1, 0.15) is 16.1 Å². The van der Waals surface area contributed by atoms with Crippen molar-refractivity contribution < 1.29 is 14.3 Å². The minimum Gasteiger partial charge on any atom is -0.478 e. The number of carboxylic acids is 1. The van der Waals surface area contributed by atoms with Crippen LogP contribution in [0.25, 0.3) is 11.0 Å². The lowest BCUT2D eigenvalue weighted by Gasteiger charge is -1.92. The second-order valence-corrected chi connectivity index (χ2v) is 3.89. The zero-order valence-corrected chi connectivity index (χ0v) is 8.96. The maximum atomic E-state index is 10.9. The second kappa shape index (κ2) is 3.13. The molecule has 0 aliphatic rings. The molecule has 0 amide bonds. The Bertz CT molecular complexity index is 513. The van der Waals surface area contributed by atoms with E-state index in [1.54, 1.807) is 19.1 Å². The summed E-state index contributed by atoms with van der Waals surface area (Å²) in [6, 6.07) is 5.31. The molecule has 0 atom stereocenters. The van der Waals surface area contributed by atoms with E-state index in [2.05, 4.69) is 15.9 Å². The summed E-state index contributed by atoms with van der Waals surface area (Å²) in [5.41, 5.74) is 0.837. The lowest BCUT2D eigenvalue weighted by atomic mass is 10.1. The molecule has 0 unspecified atom stereocenters. The molecule has 0 saturated carbocycles. The van der Waals surface area contributed by atoms with Crippen LogP contribution in [0.15, 0.2) is 27.1 Å². The third-order valence-corrected chi connectivity index (χ3v) is 2.53. The van der Waals surface area contributed by atoms with Crippen molar-refractivity contribution in [3.05, 3.63) is 34.0 Å². The first-order valence-electron chi connectivity index (χ1n) is 4.01. The van der Waals surface area contributed by atoms with Gasteiger partial charge in [-0.25, -0.2) is 4.79 Å². The van der Waals surface area contributed by atoms with Gasteiger partial charge in [0.05, 0.1) is 0 Å². The van der Waals surface area contributed by atoms with Gasteiger partial charge in [-0.1, -0.05) is 15.9 Å². The van der Waals surface area contributed by atoms with Crippen molar-refractivity contribution in [2.75, 3.05) is 0 Å². The first-order chi connectivity index (χ1) is 6.59. The SMILES string of the molecule is Cc1oc2ccc(Br)cc2c1C(=O)O. The summed E-state index contributed by atoms with van der Waals surface area (Å²) in [6.07, 6.45) is 0. The van der Waals surface area contributed by atoms with Gasteiger partial charge in [0.2, 0.25) is 0 Å². The molecule has 1 heterocycles. The Hall–Kier alpha value is -1.29. The highest BCUT2D eigenvalue weighted by atomic mass is 79.9. The zero-order valence-electron chi connectivity index (χ0n) is 7.37. The molecule has 72 valence electrons. The summed E-state index contributed by atoms with van der Waals surface area (Å²) in [5, 5.41) is 9.60. The molecule has 0 spiro atoms. The van der Waals surface area contributed by atoms with Crippen LogP contribution in [-0.4, -0.2) is 11.1 Å². The van der Waals surface area contributed by atoms with Crippen molar-refractivity contribution in [3.8, 4) is 0 Å². The minimum atomic E-state index is -0.959. The number of carbonyl (C=O) groups is 1. The van der Waals surface area contributed by atoms with Gasteiger partial charge in [0.1, 0.15) is 16.9 Å². The average molecular weight is 255 g/mol. The van der Waals surface area contributed by atoms with Gasteiger partial charge >= 0.3 is 5.97 Å². The molecule has 0 aliphatic carbocycles. The van der Waals surface area contributed by atoms with E-state index in [4.69, 9.17) is 9.52 Å². The lowest BCUT2D eigenvalue weighted by Crippen LogP contribution is -1.96. The molecule has 2 aromatic rings. The van der Waals surface area contributed by atoms with Gasteiger partial charge < -0.3 is 9.52 Å². The quantitative estimate of drug-likeness (QED) is 0.851. The highest BCUT2D eigenvalue weighted by molar-refractivity contribution is 9.10. The van der Waals surface area contributed by atoms with Crippen molar-refractivity contribution in [1.29, 1.82) is 0 Å². The number of hydrogen-bond acceptors (Lipinski definition) is 2. The maximum Gasteiger partial charge on any atom is 0.339 e. The molecular formula is C10H7BrO3. The van der Waals surface area contributed by atoms with E-state index in [1.165, 1.54) is 0 Å². The van der Waals surface area contributed by atoms with Crippen LogP contribution in [-0.2, 0) is 0 Å². The van der Waals surface area contributed by atoms with Crippen molar-refractivity contribution in [1.82, 2.24) is 0 Å². The normalized spacial score (nSPS) is 10.7. The number of aromatic carboxylic acids is 1. The Kier molecular flexibility index (Phi) is 2.07. The van der Waals surface area contributed by atoms with Crippen LogP contribution < -0.4 is 0 Å². The van der Waals surface area contributed by atoms with E-state index < -0.39 is 5.97 Å². The van der Waals surface area contributed by atoms with E-state index in [0.29, 0.717) is 16.7 Å². The molecular weight excluding hydrogens is 248 g/mol. The average Bonchev–Trinajstić information content (AvgIpc) is 2.40. The molecule has 1 aromatic heterocycles. The molecule has 0 bridgehead atoms. The number of hydrogen-bond donors (Lipinski definition) is 1. The van der Waals surface area contributed by atoms with Crippen LogP contribution in [0.5, 0.6) is 0 Å². The van der Waals surface area contributed by atoms with Crippen molar-refractivity contribution in [2.45, 2.75) is 6.92 Å². The summed E-state index contributed by atoms with van der Waals surface area (Å²) in [5.74, 6) is -0.523. The topological polar surface area (TPSA) is 50.4 Å². The number of benzene rings is 1. The van der Waals surface area contributed by atoms with Gasteiger partial charge in [0.15, 0.2) is 0 Å². The summed E-state index contributed by atoms with van der Waals surface area (Å²) in [6.45, 7) is 1.65. The molecule has 0 aliphatic heterocycles. The maximum absolute atomic E-state index is 10.9. The Morgan fingerprint density at radius 3 is 2.86 bits per heavy atom. The molecule has 0 radical (unpaired) electrons. The molecule has 3 nitrogen and oxygen atoms in total. The fourth-order valence-corrected chi connectivity index (χ4v) is 1.82. The number of fused-ring (bicyclic) bond motifs is 1. The molecule has 1 aromatic carbocycles. The number of carboxylic acid groups (broad SMARTS) is 1. The zero-order chi connectivity index (χ0) is 10.3. The third-order valence-electron chi connectivity index (χ3n) is 2.04. The first kappa shape index (κ1) is 9.27.